The van der Waals surface area contributed by atoms with Crippen molar-refractivity contribution in [2.75, 3.05) is 0 Å². The maximum absolute atomic E-state index is 14.0. The topological polar surface area (TPSA) is 38.0 Å². The van der Waals surface area contributed by atoms with Gasteiger partial charge in [-0.25, -0.2) is 4.39 Å². The molecular weight excluding hydrogens is 354 g/mol. The molecule has 1 atom stereocenters. The molecule has 0 aliphatic heterocycles. The first-order valence-corrected chi connectivity index (χ1v) is 7.14. The van der Waals surface area contributed by atoms with Gasteiger partial charge in [0, 0.05) is 9.13 Å². The summed E-state index contributed by atoms with van der Waals surface area (Å²) in [6.07, 6.45) is 0.660. The number of nitrogens with two attached hydrogens (primary N) is 1. The SMILES string of the molecule is Cc1ccc(C(Cc2ccc(I)cc2)NN)c(F)c1. The Balaban J connectivity index is 2.22. The van der Waals surface area contributed by atoms with Crippen molar-refractivity contribution in [3.05, 3.63) is 68.5 Å². The second kappa shape index (κ2) is 6.45. The molecule has 0 fully saturated rings. The van der Waals surface area contributed by atoms with Gasteiger partial charge in [0.15, 0.2) is 0 Å². The van der Waals surface area contributed by atoms with Crippen LogP contribution in [0.15, 0.2) is 42.5 Å². The van der Waals surface area contributed by atoms with E-state index < -0.39 is 0 Å². The molecule has 0 spiro atoms. The van der Waals surface area contributed by atoms with Gasteiger partial charge in [0.1, 0.15) is 5.82 Å². The minimum atomic E-state index is -0.222. The molecule has 0 bridgehead atoms. The van der Waals surface area contributed by atoms with Crippen molar-refractivity contribution in [3.63, 3.8) is 0 Å². The smallest absolute Gasteiger partial charge is 0.128 e. The second-order valence-corrected chi connectivity index (χ2v) is 5.82. The van der Waals surface area contributed by atoms with Crippen molar-refractivity contribution in [2.24, 2.45) is 5.84 Å². The van der Waals surface area contributed by atoms with Crippen LogP contribution in [0.2, 0.25) is 0 Å². The third kappa shape index (κ3) is 3.75. The average molecular weight is 370 g/mol. The Kier molecular flexibility index (Phi) is 4.90. The van der Waals surface area contributed by atoms with E-state index in [9.17, 15) is 4.39 Å². The summed E-state index contributed by atoms with van der Waals surface area (Å²) >= 11 is 2.26. The standard InChI is InChI=1S/C15H16FIN2/c1-10-2-7-13(14(16)8-10)15(19-18)9-11-3-5-12(17)6-4-11/h2-8,15,19H,9,18H2,1H3. The molecule has 0 saturated heterocycles. The summed E-state index contributed by atoms with van der Waals surface area (Å²) in [5, 5.41) is 0. The van der Waals surface area contributed by atoms with Crippen LogP contribution in [0.1, 0.15) is 22.7 Å². The first-order valence-electron chi connectivity index (χ1n) is 6.07. The lowest BCUT2D eigenvalue weighted by atomic mass is 9.98. The number of aryl methyl sites for hydroxylation is 1. The fourth-order valence-electron chi connectivity index (χ4n) is 2.03. The molecule has 0 heterocycles. The van der Waals surface area contributed by atoms with Crippen molar-refractivity contribution in [1.82, 2.24) is 5.43 Å². The van der Waals surface area contributed by atoms with Crippen molar-refractivity contribution >= 4 is 22.6 Å². The minimum Gasteiger partial charge on any atom is -0.271 e. The van der Waals surface area contributed by atoms with Crippen LogP contribution in [-0.4, -0.2) is 0 Å². The van der Waals surface area contributed by atoms with Gasteiger partial charge in [-0.15, -0.1) is 0 Å². The van der Waals surface area contributed by atoms with Crippen LogP contribution in [0.4, 0.5) is 4.39 Å². The summed E-state index contributed by atoms with van der Waals surface area (Å²) in [6, 6.07) is 13.2. The van der Waals surface area contributed by atoms with E-state index >= 15 is 0 Å². The number of benzene rings is 2. The molecule has 0 aliphatic rings. The number of nitrogens with one attached hydrogen (secondary N) is 1. The van der Waals surface area contributed by atoms with Gasteiger partial charge < -0.3 is 0 Å². The Morgan fingerprint density at radius 2 is 1.89 bits per heavy atom. The monoisotopic (exact) mass is 370 g/mol. The highest BCUT2D eigenvalue weighted by Gasteiger charge is 2.15. The summed E-state index contributed by atoms with van der Waals surface area (Å²) in [6.45, 7) is 1.87. The van der Waals surface area contributed by atoms with E-state index in [1.165, 1.54) is 9.64 Å². The maximum atomic E-state index is 14.0. The quantitative estimate of drug-likeness (QED) is 0.491. The summed E-state index contributed by atoms with van der Waals surface area (Å²) < 4.78 is 15.1. The third-order valence-corrected chi connectivity index (χ3v) is 3.80. The largest absolute Gasteiger partial charge is 0.271 e. The first kappa shape index (κ1) is 14.4. The molecule has 0 aliphatic carbocycles. The summed E-state index contributed by atoms with van der Waals surface area (Å²) in [7, 11) is 0. The molecule has 19 heavy (non-hydrogen) atoms. The lowest BCUT2D eigenvalue weighted by Crippen LogP contribution is -2.30. The zero-order chi connectivity index (χ0) is 13.8. The molecule has 2 aromatic carbocycles. The van der Waals surface area contributed by atoms with E-state index in [-0.39, 0.29) is 11.9 Å². The van der Waals surface area contributed by atoms with Crippen molar-refractivity contribution in [2.45, 2.75) is 19.4 Å². The van der Waals surface area contributed by atoms with E-state index in [0.717, 1.165) is 11.1 Å². The van der Waals surface area contributed by atoms with Crippen LogP contribution in [0.5, 0.6) is 0 Å². The number of rotatable bonds is 4. The molecule has 0 aromatic heterocycles. The highest BCUT2D eigenvalue weighted by atomic mass is 127. The predicted molar refractivity (Wildman–Crippen MR) is 84.1 cm³/mol. The molecule has 2 rings (SSSR count). The van der Waals surface area contributed by atoms with E-state index in [0.29, 0.717) is 12.0 Å². The second-order valence-electron chi connectivity index (χ2n) is 4.57. The van der Waals surface area contributed by atoms with Crippen LogP contribution in [0, 0.1) is 16.3 Å². The molecular formula is C15H16FIN2. The lowest BCUT2D eigenvalue weighted by Gasteiger charge is -2.17. The van der Waals surface area contributed by atoms with Gasteiger partial charge in [-0.2, -0.15) is 0 Å². The summed E-state index contributed by atoms with van der Waals surface area (Å²) in [4.78, 5) is 0. The number of halogens is 2. The fraction of sp³-hybridized carbons (Fsp3) is 0.200. The molecule has 100 valence electrons. The molecule has 0 amide bonds. The Morgan fingerprint density at radius 1 is 1.21 bits per heavy atom. The zero-order valence-corrected chi connectivity index (χ0v) is 12.8. The highest BCUT2D eigenvalue weighted by molar-refractivity contribution is 14.1. The van der Waals surface area contributed by atoms with Crippen LogP contribution in [0.3, 0.4) is 0 Å². The molecule has 1 unspecified atom stereocenters. The number of hydrogen-bond donors (Lipinski definition) is 2. The molecule has 0 radical (unpaired) electrons. The molecule has 4 heteroatoms. The van der Waals surface area contributed by atoms with Crippen LogP contribution >= 0.6 is 22.6 Å². The lowest BCUT2D eigenvalue weighted by molar-refractivity contribution is 0.510. The molecule has 2 aromatic rings. The van der Waals surface area contributed by atoms with Gasteiger partial charge in [-0.3, -0.25) is 11.3 Å². The van der Waals surface area contributed by atoms with Gasteiger partial charge >= 0.3 is 0 Å². The van der Waals surface area contributed by atoms with E-state index in [2.05, 4.69) is 28.0 Å². The first-order chi connectivity index (χ1) is 9.10. The number of hydrazine groups is 1. The van der Waals surface area contributed by atoms with Crippen molar-refractivity contribution in [3.8, 4) is 0 Å². The highest BCUT2D eigenvalue weighted by Crippen LogP contribution is 2.22. The Labute approximate surface area is 126 Å². The van der Waals surface area contributed by atoms with Gasteiger partial charge in [0.2, 0.25) is 0 Å². The third-order valence-electron chi connectivity index (χ3n) is 3.09. The number of hydrogen-bond acceptors (Lipinski definition) is 2. The average Bonchev–Trinajstić information content (AvgIpc) is 2.39. The van der Waals surface area contributed by atoms with E-state index in [4.69, 9.17) is 5.84 Å². The van der Waals surface area contributed by atoms with Crippen LogP contribution in [-0.2, 0) is 6.42 Å². The Morgan fingerprint density at radius 3 is 2.47 bits per heavy atom. The van der Waals surface area contributed by atoms with Crippen LogP contribution in [0.25, 0.3) is 0 Å². The van der Waals surface area contributed by atoms with E-state index in [1.54, 1.807) is 6.07 Å². The minimum absolute atomic E-state index is 0.214. The summed E-state index contributed by atoms with van der Waals surface area (Å²) in [5.74, 6) is 5.36. The molecule has 3 N–H and O–H groups in total. The fourth-order valence-corrected chi connectivity index (χ4v) is 2.39. The molecule has 2 nitrogen and oxygen atoms in total. The van der Waals surface area contributed by atoms with E-state index in [1.807, 2.05) is 37.3 Å². The normalized spacial score (nSPS) is 12.4. The molecule has 0 saturated carbocycles. The van der Waals surface area contributed by atoms with Gasteiger partial charge in [0.25, 0.3) is 0 Å². The van der Waals surface area contributed by atoms with Crippen molar-refractivity contribution in [1.29, 1.82) is 0 Å². The Hall–Kier alpha value is -0.980. The Bertz CT molecular complexity index is 555. The van der Waals surface area contributed by atoms with Gasteiger partial charge in [-0.05, 0) is 65.3 Å². The van der Waals surface area contributed by atoms with Gasteiger partial charge in [-0.1, -0.05) is 24.3 Å². The summed E-state index contributed by atoms with van der Waals surface area (Å²) in [5.41, 5.74) is 5.34. The van der Waals surface area contributed by atoms with Gasteiger partial charge in [0.05, 0.1) is 6.04 Å². The zero-order valence-electron chi connectivity index (χ0n) is 10.7. The van der Waals surface area contributed by atoms with Crippen molar-refractivity contribution < 1.29 is 4.39 Å². The van der Waals surface area contributed by atoms with Crippen LogP contribution < -0.4 is 11.3 Å². The predicted octanol–water partition coefficient (Wildman–Crippen LogP) is 3.49. The maximum Gasteiger partial charge on any atom is 0.128 e.